The van der Waals surface area contributed by atoms with Gasteiger partial charge in [0.1, 0.15) is 34.5 Å². The molecule has 624 valence electrons. The topological polar surface area (TPSA) is 328 Å². The number of hydrogen-bond donors (Lipinski definition) is 8. The molecule has 0 bridgehead atoms. The summed E-state index contributed by atoms with van der Waals surface area (Å²) in [4.78, 5) is 61.0. The molecule has 7 aromatic carbocycles. The lowest BCUT2D eigenvalue weighted by Crippen LogP contribution is -2.30. The Kier molecular flexibility index (Phi) is 39.4. The molecule has 25 heteroatoms. The lowest BCUT2D eigenvalue weighted by molar-refractivity contribution is -0.161. The number of carbonyl (C=O) groups is 4. The van der Waals surface area contributed by atoms with Gasteiger partial charge in [-0.1, -0.05) is 55.3 Å². The molecule has 0 saturated carbocycles. The first-order valence-corrected chi connectivity index (χ1v) is 38.1. The molecule has 0 unspecified atom stereocenters. The minimum Gasteiger partial charge on any atom is -0.508 e. The lowest BCUT2D eigenvalue weighted by Gasteiger charge is -2.14. The molecule has 0 aliphatic heterocycles. The number of nitrogens with zero attached hydrogens (tertiary/aromatic N) is 3. The first-order chi connectivity index (χ1) is 52.5. The van der Waals surface area contributed by atoms with Crippen molar-refractivity contribution in [1.82, 2.24) is 39.0 Å². The van der Waals surface area contributed by atoms with Crippen molar-refractivity contribution in [3.05, 3.63) is 205 Å². The predicted molar refractivity (Wildman–Crippen MR) is 464 cm³/mol. The van der Waals surface area contributed by atoms with Gasteiger partial charge in [0, 0.05) is 105 Å². The van der Waals surface area contributed by atoms with Crippen LogP contribution < -0.4 is 23.7 Å². The molecule has 0 aliphatic carbocycles. The largest absolute Gasteiger partial charge is 0.508 e. The quantitative estimate of drug-likeness (QED) is 0.0184. The van der Waals surface area contributed by atoms with Crippen molar-refractivity contribution >= 4 is 99.3 Å². The number of fused-ring (bicyclic) bond motifs is 6. The fraction of sp³-hybridized carbons (Fsp3) is 0.367. The highest BCUT2D eigenvalue weighted by molar-refractivity contribution is 7.90. The monoisotopic (exact) mass is 1600 g/mol. The molecule has 0 amide bonds. The highest BCUT2D eigenvalue weighted by atomic mass is 32.2. The second-order valence-electron chi connectivity index (χ2n) is 27.5. The zero-order valence-corrected chi connectivity index (χ0v) is 65.7. The van der Waals surface area contributed by atoms with Crippen molar-refractivity contribution in [2.45, 2.75) is 194 Å². The van der Waals surface area contributed by atoms with E-state index in [1.54, 1.807) is 80.8 Å². The number of aromatic nitrogens is 7. The molecule has 115 heavy (non-hydrogen) atoms. The molecular formula is C90H122N8O16S. The molecule has 24 nitrogen and oxygen atoms in total. The van der Waals surface area contributed by atoms with Crippen LogP contribution in [0, 0.1) is 5.92 Å². The molecule has 8 N–H and O–H groups in total. The van der Waals surface area contributed by atoms with Crippen LogP contribution in [-0.2, 0) is 64.5 Å². The molecule has 0 saturated heterocycles. The second-order valence-corrected chi connectivity index (χ2v) is 29.3. The predicted octanol–water partition coefficient (Wildman–Crippen LogP) is 20.3. The zero-order chi connectivity index (χ0) is 79.8. The number of H-pyrrole nitrogens is 5. The van der Waals surface area contributed by atoms with Crippen LogP contribution in [0.5, 0.6) is 34.5 Å². The van der Waals surface area contributed by atoms with Crippen LogP contribution in [0.25, 0.3) is 65.4 Å². The van der Waals surface area contributed by atoms with Gasteiger partial charge in [0.2, 0.25) is 0 Å². The van der Waals surface area contributed by atoms with Crippen LogP contribution in [-0.4, -0.2) is 144 Å². The number of rotatable bonds is 26. The molecule has 6 aromatic heterocycles. The molecule has 0 radical (unpaired) electrons. The summed E-state index contributed by atoms with van der Waals surface area (Å²) >= 11 is 0. The number of carboxylic acid groups (broad SMARTS) is 2. The van der Waals surface area contributed by atoms with Gasteiger partial charge in [-0.05, 0) is 266 Å². The highest BCUT2D eigenvalue weighted by Crippen LogP contribution is 2.33. The Balaban J connectivity index is 0.000000363. The summed E-state index contributed by atoms with van der Waals surface area (Å²) in [5.41, 5.74) is 9.49. The molecule has 0 aliphatic rings. The Morgan fingerprint density at radius 3 is 1.36 bits per heavy atom. The first kappa shape index (κ1) is 97.5. The maximum absolute atomic E-state index is 13.1. The number of carbonyl (C=O) groups excluding carboxylic acids is 2. The number of hydrogen-bond acceptors (Lipinski definition) is 16. The Bertz CT molecular complexity index is 5240. The minimum absolute atomic E-state index is 0. The number of aromatic amines is 5. The van der Waals surface area contributed by atoms with Crippen molar-refractivity contribution in [2.24, 2.45) is 5.92 Å². The number of phenolic OH excluding ortho intramolecular Hbond substituents is 1. The Labute approximate surface area is 677 Å². The van der Waals surface area contributed by atoms with Crippen molar-refractivity contribution in [1.29, 1.82) is 0 Å². The van der Waals surface area contributed by atoms with E-state index in [9.17, 15) is 27.6 Å². The number of benzene rings is 7. The second kappa shape index (κ2) is 46.5. The number of carboxylic acids is 2. The number of aromatic hydroxyl groups is 1. The van der Waals surface area contributed by atoms with Crippen LogP contribution in [0.3, 0.4) is 0 Å². The van der Waals surface area contributed by atoms with Gasteiger partial charge >= 0.3 is 23.9 Å². The zero-order valence-electron chi connectivity index (χ0n) is 64.8. The van der Waals surface area contributed by atoms with Crippen molar-refractivity contribution < 1.29 is 76.1 Å². The summed E-state index contributed by atoms with van der Waals surface area (Å²) in [7, 11) is 0.363. The average Bonchev–Trinajstić information content (AvgIpc) is 1.62. The highest BCUT2D eigenvalue weighted by Gasteiger charge is 2.31. The Hall–Kier alpha value is -11.7. The van der Waals surface area contributed by atoms with E-state index in [-0.39, 0.29) is 117 Å². The number of aryl methyl sites for hydroxylation is 2. The molecule has 6 heterocycles. The van der Waals surface area contributed by atoms with E-state index in [2.05, 4.69) is 67.5 Å². The van der Waals surface area contributed by atoms with Crippen LogP contribution >= 0.6 is 0 Å². The summed E-state index contributed by atoms with van der Waals surface area (Å²) in [6, 6.07) is 44.3. The van der Waals surface area contributed by atoms with Gasteiger partial charge in [-0.3, -0.25) is 24.3 Å². The standard InChI is InChI=1S/C20H21NO5S.C19H25NO5.C14H20N2O.C14H17NO3.C11H13NO.C7H6N2O.5CH4/c1-14(2)26-16-9-10-19-18(12-16)15(8-11-20(22)23)13-21(19)27(24,25)17-6-4-3-5-7-17;1-5-23-18(21)16(19(22)24-6-2)9-13-11-20-17-8-7-14(10-15(13)17)25-12(3)4;1-10(2)17-12-5-6-14-13(7-12)11(8-15-14)9-16(3)4;1-9(2)18-11-4-5-13-12(7-11)10(8-15-13)3-6-14(16)17;1-8(2)13-10-3-4-11-9(7-10)5-6-12-11;10-6-1-2-7-5(3-6)4-8-9-7;;;;;/h3-7,9-10,12-14H,8,11H2,1-2H3,(H,22,23);7-8,10-12,16,20H,5-6,9H2,1-4H3;5-8,10,15H,9H2,1-4H3;4-5,7-9,15H,3,6H2,1-2H3,(H,16,17);3-8,12H,1-2H3;1-4,10H,(H,8,9);5*1H4. The summed E-state index contributed by atoms with van der Waals surface area (Å²) in [6.07, 6.45) is 12.5. The fourth-order valence-corrected chi connectivity index (χ4v) is 13.2. The molecule has 0 spiro atoms. The number of nitrogens with one attached hydrogen (secondary N) is 5. The number of phenols is 1. The Morgan fingerprint density at radius 2 is 0.887 bits per heavy atom. The molecule has 0 fully saturated rings. The fourth-order valence-electron chi connectivity index (χ4n) is 11.8. The van der Waals surface area contributed by atoms with E-state index in [4.69, 9.17) is 48.5 Å². The maximum Gasteiger partial charge on any atom is 0.320 e. The number of esters is 2. The van der Waals surface area contributed by atoms with Crippen LogP contribution in [0.1, 0.15) is 155 Å². The SMILES string of the molecule is C.C.C.C.C.CC(C)Oc1ccc2[nH]cc(CCC(=O)O)c2c1.CC(C)Oc1ccc2[nH]cc(CN(C)C)c2c1.CC(C)Oc1ccc2[nH]ccc2c1.CC(C)Oc1ccc2c(c1)c(CCC(=O)O)cn2S(=O)(=O)c1ccccc1.CCOC(=O)C(Cc1c[nH]c2ccc(OC(C)C)cc12)C(=O)OCC.Oc1ccc2[nH]ncc2c1. The summed E-state index contributed by atoms with van der Waals surface area (Å²) in [6.45, 7) is 24.6. The smallest absolute Gasteiger partial charge is 0.320 e. The van der Waals surface area contributed by atoms with Gasteiger partial charge in [0.05, 0.1) is 65.9 Å². The molecular weight excluding hydrogens is 1480 g/mol. The molecule has 13 aromatic rings. The van der Waals surface area contributed by atoms with Gasteiger partial charge in [-0.2, -0.15) is 5.10 Å². The van der Waals surface area contributed by atoms with E-state index in [1.165, 1.54) is 38.6 Å². The molecule has 13 rings (SSSR count). The van der Waals surface area contributed by atoms with Crippen molar-refractivity contribution in [3.8, 4) is 34.5 Å². The van der Waals surface area contributed by atoms with Gasteiger partial charge < -0.3 is 73.3 Å². The normalized spacial score (nSPS) is 10.8. The lowest BCUT2D eigenvalue weighted by atomic mass is 9.99. The summed E-state index contributed by atoms with van der Waals surface area (Å²) < 4.78 is 65.8. The average molecular weight is 1600 g/mol. The minimum atomic E-state index is -3.79. The van der Waals surface area contributed by atoms with Crippen LogP contribution in [0.15, 0.2) is 188 Å². The third kappa shape index (κ3) is 28.7. The third-order valence-electron chi connectivity index (χ3n) is 16.4. The maximum atomic E-state index is 13.1. The number of ether oxygens (including phenoxy) is 7. The van der Waals surface area contributed by atoms with Gasteiger partial charge in [0.15, 0.2) is 5.92 Å². The van der Waals surface area contributed by atoms with Gasteiger partial charge in [-0.15, -0.1) is 0 Å². The van der Waals surface area contributed by atoms with Crippen LogP contribution in [0.2, 0.25) is 0 Å². The van der Waals surface area contributed by atoms with Crippen molar-refractivity contribution in [2.75, 3.05) is 27.3 Å². The van der Waals surface area contributed by atoms with E-state index < -0.39 is 39.8 Å². The van der Waals surface area contributed by atoms with Crippen molar-refractivity contribution in [3.63, 3.8) is 0 Å². The summed E-state index contributed by atoms with van der Waals surface area (Å²) in [5, 5.41) is 39.3. The van der Waals surface area contributed by atoms with Gasteiger partial charge in [0.25, 0.3) is 10.0 Å². The van der Waals surface area contributed by atoms with Crippen LogP contribution in [0.4, 0.5) is 0 Å². The molecule has 0 atom stereocenters. The Morgan fingerprint density at radius 1 is 0.470 bits per heavy atom. The van der Waals surface area contributed by atoms with Gasteiger partial charge in [-0.25, -0.2) is 12.4 Å². The third-order valence-corrected chi connectivity index (χ3v) is 18.1. The number of aliphatic carboxylic acids is 2. The van der Waals surface area contributed by atoms with E-state index in [0.29, 0.717) is 28.6 Å². The first-order valence-electron chi connectivity index (χ1n) is 36.7. The summed E-state index contributed by atoms with van der Waals surface area (Å²) in [5.74, 6) is 0.492. The van der Waals surface area contributed by atoms with E-state index in [1.807, 2.05) is 148 Å². The van der Waals surface area contributed by atoms with E-state index in [0.717, 1.165) is 84.4 Å². The van der Waals surface area contributed by atoms with E-state index >= 15 is 0 Å².